The van der Waals surface area contributed by atoms with Gasteiger partial charge in [-0.15, -0.1) is 5.10 Å². The third-order valence-electron chi connectivity index (χ3n) is 3.39. The molecule has 0 fully saturated rings. The Hall–Kier alpha value is -3.16. The standard InChI is InChI=1S/C16H13F2N5O/c1-2-23-15(20-21-22-23)10-4-3-5-12(8-10)19-16(24)11-6-7-13(17)14(18)9-11/h3-9H,2H2,1H3,(H,19,24). The van der Waals surface area contributed by atoms with Crippen LogP contribution in [0.25, 0.3) is 11.4 Å². The number of anilines is 1. The Morgan fingerprint density at radius 3 is 2.75 bits per heavy atom. The Kier molecular flexibility index (Phi) is 4.28. The van der Waals surface area contributed by atoms with E-state index in [1.165, 1.54) is 6.07 Å². The van der Waals surface area contributed by atoms with E-state index in [0.717, 1.165) is 17.7 Å². The summed E-state index contributed by atoms with van der Waals surface area (Å²) in [4.78, 5) is 12.2. The summed E-state index contributed by atoms with van der Waals surface area (Å²) < 4.78 is 27.8. The van der Waals surface area contributed by atoms with Crippen LogP contribution in [0.3, 0.4) is 0 Å². The van der Waals surface area contributed by atoms with Crippen molar-refractivity contribution in [1.82, 2.24) is 20.2 Å². The topological polar surface area (TPSA) is 72.7 Å². The molecule has 3 aromatic rings. The van der Waals surface area contributed by atoms with Crippen molar-refractivity contribution in [3.8, 4) is 11.4 Å². The van der Waals surface area contributed by atoms with Crippen LogP contribution in [0, 0.1) is 11.6 Å². The van der Waals surface area contributed by atoms with Crippen LogP contribution in [0.15, 0.2) is 42.5 Å². The van der Waals surface area contributed by atoms with Gasteiger partial charge in [0.05, 0.1) is 0 Å². The molecule has 0 saturated carbocycles. The van der Waals surface area contributed by atoms with Gasteiger partial charge in [0.2, 0.25) is 0 Å². The highest BCUT2D eigenvalue weighted by atomic mass is 19.2. The predicted octanol–water partition coefficient (Wildman–Crippen LogP) is 2.89. The number of carbonyl (C=O) groups excluding carboxylic acids is 1. The van der Waals surface area contributed by atoms with E-state index in [1.54, 1.807) is 22.9 Å². The van der Waals surface area contributed by atoms with Crippen LogP contribution in [-0.4, -0.2) is 26.1 Å². The zero-order valence-corrected chi connectivity index (χ0v) is 12.7. The average molecular weight is 329 g/mol. The molecule has 0 atom stereocenters. The number of hydrogen-bond donors (Lipinski definition) is 1. The van der Waals surface area contributed by atoms with Crippen LogP contribution in [-0.2, 0) is 6.54 Å². The number of nitrogens with one attached hydrogen (secondary N) is 1. The van der Waals surface area contributed by atoms with Crippen molar-refractivity contribution in [2.24, 2.45) is 0 Å². The lowest BCUT2D eigenvalue weighted by atomic mass is 10.1. The Balaban J connectivity index is 1.84. The molecule has 1 heterocycles. The summed E-state index contributed by atoms with van der Waals surface area (Å²) in [6.45, 7) is 2.52. The van der Waals surface area contributed by atoms with Crippen LogP contribution in [0.4, 0.5) is 14.5 Å². The van der Waals surface area contributed by atoms with Crippen LogP contribution in [0.5, 0.6) is 0 Å². The van der Waals surface area contributed by atoms with Gasteiger partial charge in [-0.1, -0.05) is 12.1 Å². The lowest BCUT2D eigenvalue weighted by Crippen LogP contribution is -2.12. The van der Waals surface area contributed by atoms with Gasteiger partial charge in [-0.3, -0.25) is 4.79 Å². The number of carbonyl (C=O) groups is 1. The van der Waals surface area contributed by atoms with Gasteiger partial charge in [-0.2, -0.15) is 0 Å². The number of aryl methyl sites for hydroxylation is 1. The van der Waals surface area contributed by atoms with Gasteiger partial charge in [-0.25, -0.2) is 13.5 Å². The van der Waals surface area contributed by atoms with Crippen molar-refractivity contribution < 1.29 is 13.6 Å². The first-order valence-corrected chi connectivity index (χ1v) is 7.21. The van der Waals surface area contributed by atoms with Gasteiger partial charge in [0.1, 0.15) is 0 Å². The zero-order valence-electron chi connectivity index (χ0n) is 12.7. The fourth-order valence-corrected chi connectivity index (χ4v) is 2.20. The number of rotatable bonds is 4. The number of amides is 1. The maximum atomic E-state index is 13.2. The summed E-state index contributed by atoms with van der Waals surface area (Å²) in [5.74, 6) is -2.04. The predicted molar refractivity (Wildman–Crippen MR) is 83.2 cm³/mol. The maximum Gasteiger partial charge on any atom is 0.255 e. The van der Waals surface area contributed by atoms with Gasteiger partial charge in [0, 0.05) is 23.4 Å². The van der Waals surface area contributed by atoms with Gasteiger partial charge >= 0.3 is 0 Å². The summed E-state index contributed by atoms with van der Waals surface area (Å²) in [6, 6.07) is 9.92. The summed E-state index contributed by atoms with van der Waals surface area (Å²) >= 11 is 0. The molecule has 1 N–H and O–H groups in total. The number of nitrogens with zero attached hydrogens (tertiary/aromatic N) is 4. The van der Waals surface area contributed by atoms with E-state index in [0.29, 0.717) is 18.1 Å². The van der Waals surface area contributed by atoms with Crippen LogP contribution < -0.4 is 5.32 Å². The van der Waals surface area contributed by atoms with Crippen molar-refractivity contribution in [2.45, 2.75) is 13.5 Å². The fourth-order valence-electron chi connectivity index (χ4n) is 2.20. The van der Waals surface area contributed by atoms with Gasteiger partial charge in [0.15, 0.2) is 17.5 Å². The highest BCUT2D eigenvalue weighted by Crippen LogP contribution is 2.21. The number of halogens is 2. The SMILES string of the molecule is CCn1nnnc1-c1cccc(NC(=O)c2ccc(F)c(F)c2)c1. The van der Waals surface area contributed by atoms with E-state index in [-0.39, 0.29) is 5.56 Å². The third kappa shape index (κ3) is 3.12. The van der Waals surface area contributed by atoms with Crippen molar-refractivity contribution in [1.29, 1.82) is 0 Å². The molecule has 6 nitrogen and oxygen atoms in total. The smallest absolute Gasteiger partial charge is 0.255 e. The first-order chi connectivity index (χ1) is 11.6. The largest absolute Gasteiger partial charge is 0.322 e. The highest BCUT2D eigenvalue weighted by molar-refractivity contribution is 6.04. The molecule has 0 spiro atoms. The van der Waals surface area contributed by atoms with E-state index in [1.807, 2.05) is 13.0 Å². The van der Waals surface area contributed by atoms with Crippen LogP contribution in [0.2, 0.25) is 0 Å². The minimum Gasteiger partial charge on any atom is -0.322 e. The average Bonchev–Trinajstić information content (AvgIpc) is 3.06. The lowest BCUT2D eigenvalue weighted by molar-refractivity contribution is 0.102. The number of benzene rings is 2. The molecular weight excluding hydrogens is 316 g/mol. The first-order valence-electron chi connectivity index (χ1n) is 7.21. The zero-order chi connectivity index (χ0) is 17.1. The maximum absolute atomic E-state index is 13.2. The number of hydrogen-bond acceptors (Lipinski definition) is 4. The molecule has 1 aromatic heterocycles. The minimum absolute atomic E-state index is 0.0256. The number of aromatic nitrogens is 4. The molecule has 0 aliphatic heterocycles. The Morgan fingerprint density at radius 1 is 1.17 bits per heavy atom. The highest BCUT2D eigenvalue weighted by Gasteiger charge is 2.12. The van der Waals surface area contributed by atoms with Gasteiger partial charge < -0.3 is 5.32 Å². The Labute approximate surface area is 136 Å². The van der Waals surface area contributed by atoms with E-state index < -0.39 is 17.5 Å². The molecule has 3 rings (SSSR count). The minimum atomic E-state index is -1.07. The van der Waals surface area contributed by atoms with Crippen molar-refractivity contribution >= 4 is 11.6 Å². The lowest BCUT2D eigenvalue weighted by Gasteiger charge is -2.08. The molecular formula is C16H13F2N5O. The molecule has 0 bridgehead atoms. The molecule has 24 heavy (non-hydrogen) atoms. The second kappa shape index (κ2) is 6.53. The molecule has 8 heteroatoms. The molecule has 122 valence electrons. The molecule has 0 unspecified atom stereocenters. The van der Waals surface area contributed by atoms with E-state index >= 15 is 0 Å². The second-order valence-corrected chi connectivity index (χ2v) is 4.98. The fraction of sp³-hybridized carbons (Fsp3) is 0.125. The van der Waals surface area contributed by atoms with Crippen molar-refractivity contribution in [2.75, 3.05) is 5.32 Å². The molecule has 1 amide bonds. The summed E-state index contributed by atoms with van der Waals surface area (Å²) in [5.41, 5.74) is 1.25. The normalized spacial score (nSPS) is 10.6. The van der Waals surface area contributed by atoms with Gasteiger partial charge in [0.25, 0.3) is 5.91 Å². The summed E-state index contributed by atoms with van der Waals surface area (Å²) in [6.07, 6.45) is 0. The third-order valence-corrected chi connectivity index (χ3v) is 3.39. The van der Waals surface area contributed by atoms with Crippen LogP contribution >= 0.6 is 0 Å². The van der Waals surface area contributed by atoms with Crippen LogP contribution in [0.1, 0.15) is 17.3 Å². The summed E-state index contributed by atoms with van der Waals surface area (Å²) in [5, 5.41) is 14.1. The number of tetrazole rings is 1. The van der Waals surface area contributed by atoms with Crippen molar-refractivity contribution in [3.63, 3.8) is 0 Å². The first kappa shape index (κ1) is 15.7. The van der Waals surface area contributed by atoms with E-state index in [9.17, 15) is 13.6 Å². The molecule has 0 aliphatic carbocycles. The van der Waals surface area contributed by atoms with Crippen molar-refractivity contribution in [3.05, 3.63) is 59.7 Å². The molecule has 0 radical (unpaired) electrons. The Bertz CT molecular complexity index is 894. The monoisotopic (exact) mass is 329 g/mol. The Morgan fingerprint density at radius 2 is 2.00 bits per heavy atom. The molecule has 2 aromatic carbocycles. The molecule has 0 saturated heterocycles. The molecule has 0 aliphatic rings. The van der Waals surface area contributed by atoms with E-state index in [2.05, 4.69) is 20.8 Å². The van der Waals surface area contributed by atoms with E-state index in [4.69, 9.17) is 0 Å². The summed E-state index contributed by atoms with van der Waals surface area (Å²) in [7, 11) is 0. The quantitative estimate of drug-likeness (QED) is 0.799. The second-order valence-electron chi connectivity index (χ2n) is 4.98. The van der Waals surface area contributed by atoms with Gasteiger partial charge in [-0.05, 0) is 47.7 Å².